The molecule has 0 aliphatic rings. The number of pyridine rings is 1. The van der Waals surface area contributed by atoms with Gasteiger partial charge in [0.15, 0.2) is 10.9 Å². The zero-order chi connectivity index (χ0) is 28.2. The normalized spacial score (nSPS) is 11.5. The van der Waals surface area contributed by atoms with Gasteiger partial charge in [0.2, 0.25) is 0 Å². The maximum atomic E-state index is 12.8. The molecule has 202 valence electrons. The van der Waals surface area contributed by atoms with Crippen LogP contribution in [0.3, 0.4) is 0 Å². The molecule has 0 amide bonds. The van der Waals surface area contributed by atoms with Crippen molar-refractivity contribution in [2.24, 2.45) is 0 Å². The van der Waals surface area contributed by atoms with Gasteiger partial charge in [0.1, 0.15) is 5.82 Å². The van der Waals surface area contributed by atoms with E-state index in [1.54, 1.807) is 60.7 Å². The molecule has 0 spiro atoms. The molecule has 0 unspecified atom stereocenters. The zero-order valence-electron chi connectivity index (χ0n) is 20.5. The average Bonchev–Trinajstić information content (AvgIpc) is 2.94. The highest BCUT2D eigenvalue weighted by Gasteiger charge is 2.16. The Balaban J connectivity index is 1.19. The van der Waals surface area contributed by atoms with Crippen molar-refractivity contribution >= 4 is 71.4 Å². The first kappa shape index (κ1) is 26.9. The molecule has 5 rings (SSSR count). The third-order valence-electron chi connectivity index (χ3n) is 5.44. The van der Waals surface area contributed by atoms with Gasteiger partial charge in [0.05, 0.1) is 27.0 Å². The Morgan fingerprint density at radius 3 is 1.68 bits per heavy atom. The topological polar surface area (TPSA) is 155 Å². The monoisotopic (exact) mass is 591 g/mol. The summed E-state index contributed by atoms with van der Waals surface area (Å²) in [5, 5.41) is 6.14. The number of sulfonamides is 2. The molecule has 5 aromatic rings. The highest BCUT2D eigenvalue weighted by molar-refractivity contribution is 7.93. The fourth-order valence-corrected chi connectivity index (χ4v) is 5.78. The third kappa shape index (κ3) is 6.48. The molecule has 2 aromatic heterocycles. The molecule has 0 aliphatic carbocycles. The Kier molecular flexibility index (Phi) is 7.55. The summed E-state index contributed by atoms with van der Waals surface area (Å²) in [6.45, 7) is 0. The summed E-state index contributed by atoms with van der Waals surface area (Å²) in [7, 11) is -7.70. The molecule has 14 heteroatoms. The number of benzene rings is 3. The van der Waals surface area contributed by atoms with Crippen LogP contribution < -0.4 is 20.1 Å². The SMILES string of the molecule is O=S(=O)(Nc1ccccn1)c1ccc(NC(=S)Nc2ccc(S(=O)(=O)Nc3cnc4ccccc4n3)cc2)cc1. The summed E-state index contributed by atoms with van der Waals surface area (Å²) in [5.41, 5.74) is 2.32. The lowest BCUT2D eigenvalue weighted by Gasteiger charge is -2.12. The maximum Gasteiger partial charge on any atom is 0.263 e. The summed E-state index contributed by atoms with van der Waals surface area (Å²) in [6, 6.07) is 24.0. The van der Waals surface area contributed by atoms with Gasteiger partial charge in [-0.2, -0.15) is 0 Å². The highest BCUT2D eigenvalue weighted by Crippen LogP contribution is 2.20. The van der Waals surface area contributed by atoms with Gasteiger partial charge < -0.3 is 10.6 Å². The van der Waals surface area contributed by atoms with E-state index in [1.165, 1.54) is 36.7 Å². The van der Waals surface area contributed by atoms with Crippen molar-refractivity contribution in [3.63, 3.8) is 0 Å². The largest absolute Gasteiger partial charge is 0.332 e. The summed E-state index contributed by atoms with van der Waals surface area (Å²) in [5.74, 6) is 0.324. The van der Waals surface area contributed by atoms with Crippen LogP contribution in [0.2, 0.25) is 0 Å². The first-order valence-electron chi connectivity index (χ1n) is 11.6. The van der Waals surface area contributed by atoms with Crippen molar-refractivity contribution in [1.29, 1.82) is 0 Å². The van der Waals surface area contributed by atoms with Gasteiger partial charge in [-0.1, -0.05) is 18.2 Å². The summed E-state index contributed by atoms with van der Waals surface area (Å²) >= 11 is 5.34. The number of nitrogens with one attached hydrogen (secondary N) is 4. The number of para-hydroxylation sites is 2. The van der Waals surface area contributed by atoms with Crippen molar-refractivity contribution in [3.05, 3.63) is 103 Å². The quantitative estimate of drug-likeness (QED) is 0.190. The van der Waals surface area contributed by atoms with Crippen molar-refractivity contribution < 1.29 is 16.8 Å². The first-order valence-corrected chi connectivity index (χ1v) is 15.0. The van der Waals surface area contributed by atoms with Crippen LogP contribution in [0.4, 0.5) is 23.0 Å². The Morgan fingerprint density at radius 1 is 0.600 bits per heavy atom. The second kappa shape index (κ2) is 11.2. The van der Waals surface area contributed by atoms with E-state index in [9.17, 15) is 16.8 Å². The smallest absolute Gasteiger partial charge is 0.263 e. The third-order valence-corrected chi connectivity index (χ3v) is 8.38. The fraction of sp³-hybridized carbons (Fsp3) is 0. The lowest BCUT2D eigenvalue weighted by atomic mass is 10.3. The molecule has 2 heterocycles. The summed E-state index contributed by atoms with van der Waals surface area (Å²) in [4.78, 5) is 12.6. The number of rotatable bonds is 8. The van der Waals surface area contributed by atoms with E-state index >= 15 is 0 Å². The second-order valence-electron chi connectivity index (χ2n) is 8.30. The van der Waals surface area contributed by atoms with E-state index in [2.05, 4.69) is 35.0 Å². The molecule has 40 heavy (non-hydrogen) atoms. The Hall–Kier alpha value is -4.66. The molecule has 4 N–H and O–H groups in total. The number of fused-ring (bicyclic) bond motifs is 1. The van der Waals surface area contributed by atoms with E-state index in [0.717, 1.165) is 0 Å². The van der Waals surface area contributed by atoms with Gasteiger partial charge in [-0.3, -0.25) is 14.4 Å². The van der Waals surface area contributed by atoms with E-state index in [-0.39, 0.29) is 26.5 Å². The van der Waals surface area contributed by atoms with Crippen molar-refractivity contribution in [2.45, 2.75) is 9.79 Å². The second-order valence-corrected chi connectivity index (χ2v) is 12.1. The average molecular weight is 592 g/mol. The zero-order valence-corrected chi connectivity index (χ0v) is 23.0. The predicted molar refractivity (Wildman–Crippen MR) is 158 cm³/mol. The molecule has 3 aromatic carbocycles. The molecular formula is C26H21N7O4S3. The molecular weight excluding hydrogens is 571 g/mol. The lowest BCUT2D eigenvalue weighted by Crippen LogP contribution is -2.19. The fourth-order valence-electron chi connectivity index (χ4n) is 3.55. The van der Waals surface area contributed by atoms with Crippen molar-refractivity contribution in [2.75, 3.05) is 20.1 Å². The van der Waals surface area contributed by atoms with Gasteiger partial charge in [-0.05, 0) is 85.0 Å². The first-order chi connectivity index (χ1) is 19.2. The van der Waals surface area contributed by atoms with Crippen LogP contribution in [0, 0.1) is 0 Å². The molecule has 0 aliphatic heterocycles. The standard InChI is InChI=1S/C26H21N7O4S3/c34-39(35,32-24-7-3-4-16-27-24)20-12-8-18(9-13-20)29-26(38)30-19-10-14-21(15-11-19)40(36,37)33-25-17-28-22-5-1-2-6-23(22)31-25/h1-17H,(H,27,32)(H,31,33)(H2,29,30,38). The van der Waals surface area contributed by atoms with Crippen LogP contribution in [0.15, 0.2) is 113 Å². The van der Waals surface area contributed by atoms with Crippen LogP contribution >= 0.6 is 12.2 Å². The lowest BCUT2D eigenvalue weighted by molar-refractivity contribution is 0.599. The number of thiocarbonyl (C=S) groups is 1. The molecule has 0 saturated heterocycles. The van der Waals surface area contributed by atoms with Crippen LogP contribution in [0.25, 0.3) is 11.0 Å². The van der Waals surface area contributed by atoms with E-state index in [0.29, 0.717) is 22.4 Å². The van der Waals surface area contributed by atoms with E-state index in [1.807, 2.05) is 6.07 Å². The van der Waals surface area contributed by atoms with Gasteiger partial charge in [0.25, 0.3) is 20.0 Å². The molecule has 0 fully saturated rings. The van der Waals surface area contributed by atoms with Crippen molar-refractivity contribution in [3.8, 4) is 0 Å². The number of anilines is 4. The minimum Gasteiger partial charge on any atom is -0.332 e. The van der Waals surface area contributed by atoms with E-state index in [4.69, 9.17) is 12.2 Å². The highest BCUT2D eigenvalue weighted by atomic mass is 32.2. The Labute approximate surface area is 235 Å². The Morgan fingerprint density at radius 2 is 1.12 bits per heavy atom. The molecule has 11 nitrogen and oxygen atoms in total. The van der Waals surface area contributed by atoms with E-state index < -0.39 is 20.0 Å². The number of hydrogen-bond acceptors (Lipinski definition) is 8. The van der Waals surface area contributed by atoms with Gasteiger partial charge in [-0.25, -0.2) is 26.8 Å². The summed E-state index contributed by atoms with van der Waals surface area (Å²) in [6.07, 6.45) is 2.85. The van der Waals surface area contributed by atoms with Crippen LogP contribution in [0.5, 0.6) is 0 Å². The molecule has 0 atom stereocenters. The molecule has 0 saturated carbocycles. The predicted octanol–water partition coefficient (Wildman–Crippen LogP) is 4.44. The molecule has 0 radical (unpaired) electrons. The molecule has 0 bridgehead atoms. The minimum atomic E-state index is -3.90. The number of aromatic nitrogens is 3. The van der Waals surface area contributed by atoms with Gasteiger partial charge in [-0.15, -0.1) is 0 Å². The van der Waals surface area contributed by atoms with Crippen molar-refractivity contribution in [1.82, 2.24) is 15.0 Å². The minimum absolute atomic E-state index is 0.0306. The van der Waals surface area contributed by atoms with Gasteiger partial charge in [0, 0.05) is 17.6 Å². The summed E-state index contributed by atoms with van der Waals surface area (Å²) < 4.78 is 55.6. The maximum absolute atomic E-state index is 12.8. The van der Waals surface area contributed by atoms with Crippen LogP contribution in [0.1, 0.15) is 0 Å². The van der Waals surface area contributed by atoms with Crippen LogP contribution in [-0.2, 0) is 20.0 Å². The number of hydrogen-bond donors (Lipinski definition) is 4. The number of nitrogens with zero attached hydrogens (tertiary/aromatic N) is 3. The van der Waals surface area contributed by atoms with Crippen LogP contribution in [-0.4, -0.2) is 36.9 Å². The van der Waals surface area contributed by atoms with Gasteiger partial charge >= 0.3 is 0 Å². The Bertz CT molecular complexity index is 1890.